The first-order valence-corrected chi connectivity index (χ1v) is 6.22. The van der Waals surface area contributed by atoms with Crippen molar-refractivity contribution in [1.29, 1.82) is 0 Å². The van der Waals surface area contributed by atoms with Crippen molar-refractivity contribution in [3.05, 3.63) is 28.8 Å². The van der Waals surface area contributed by atoms with Gasteiger partial charge in [-0.2, -0.15) is 0 Å². The molecule has 1 aromatic rings. The van der Waals surface area contributed by atoms with Crippen molar-refractivity contribution in [3.8, 4) is 0 Å². The quantitative estimate of drug-likeness (QED) is 0.887. The summed E-state index contributed by atoms with van der Waals surface area (Å²) in [5.74, 6) is 0. The third-order valence-corrected chi connectivity index (χ3v) is 4.02. The van der Waals surface area contributed by atoms with Gasteiger partial charge >= 0.3 is 0 Å². The maximum Gasteiger partial charge on any atom is 0.0611 e. The van der Waals surface area contributed by atoms with Gasteiger partial charge in [-0.25, -0.2) is 0 Å². The highest BCUT2D eigenvalue weighted by Gasteiger charge is 2.20. The van der Waals surface area contributed by atoms with Crippen molar-refractivity contribution >= 4 is 23.4 Å². The Hall–Kier alpha value is -0.220. The predicted molar refractivity (Wildman–Crippen MR) is 64.5 cm³/mol. The van der Waals surface area contributed by atoms with Crippen LogP contribution in [0.15, 0.2) is 23.1 Å². The highest BCUT2D eigenvalue weighted by Crippen LogP contribution is 2.34. The zero-order chi connectivity index (χ0) is 10.8. The summed E-state index contributed by atoms with van der Waals surface area (Å²) in [6.45, 7) is 3.62. The Balaban J connectivity index is 2.11. The van der Waals surface area contributed by atoms with Gasteiger partial charge in [0.2, 0.25) is 0 Å². The molecular formula is C11H14ClNOS. The molecule has 4 heteroatoms. The molecule has 1 saturated heterocycles. The fourth-order valence-corrected chi connectivity index (χ4v) is 2.69. The van der Waals surface area contributed by atoms with Gasteiger partial charge in [-0.15, -0.1) is 11.8 Å². The lowest BCUT2D eigenvalue weighted by molar-refractivity contribution is 0.0455. The first-order valence-electron chi connectivity index (χ1n) is 4.96. The van der Waals surface area contributed by atoms with E-state index in [9.17, 15) is 0 Å². The fraction of sp³-hybridized carbons (Fsp3) is 0.455. The number of ether oxygens (including phenoxy) is 1. The zero-order valence-corrected chi connectivity index (χ0v) is 10.1. The molecule has 82 valence electrons. The van der Waals surface area contributed by atoms with Crippen LogP contribution in [0.2, 0.25) is 5.02 Å². The second-order valence-electron chi connectivity index (χ2n) is 3.76. The molecule has 1 fully saturated rings. The van der Waals surface area contributed by atoms with E-state index in [1.54, 1.807) is 11.8 Å². The molecule has 0 aromatic heterocycles. The summed E-state index contributed by atoms with van der Waals surface area (Å²) < 4.78 is 5.12. The first-order chi connectivity index (χ1) is 7.16. The van der Waals surface area contributed by atoms with Crippen LogP contribution in [0.25, 0.3) is 0 Å². The molecule has 0 unspecified atom stereocenters. The normalized spacial score (nSPS) is 18.6. The summed E-state index contributed by atoms with van der Waals surface area (Å²) in [5, 5.41) is 1.35. The van der Waals surface area contributed by atoms with Gasteiger partial charge in [-0.05, 0) is 24.6 Å². The van der Waals surface area contributed by atoms with Gasteiger partial charge in [0.25, 0.3) is 0 Å². The third-order valence-electron chi connectivity index (χ3n) is 2.38. The minimum absolute atomic E-state index is 0.0357. The van der Waals surface area contributed by atoms with Crippen LogP contribution in [0.5, 0.6) is 0 Å². The molecule has 15 heavy (non-hydrogen) atoms. The van der Waals surface area contributed by atoms with Crippen molar-refractivity contribution in [1.82, 2.24) is 0 Å². The minimum Gasteiger partial charge on any atom is -0.379 e. The summed E-state index contributed by atoms with van der Waals surface area (Å²) in [5.41, 5.74) is 6.86. The van der Waals surface area contributed by atoms with Crippen molar-refractivity contribution in [2.24, 2.45) is 5.73 Å². The van der Waals surface area contributed by atoms with Crippen LogP contribution in [-0.2, 0) is 4.74 Å². The molecule has 1 aliphatic heterocycles. The first kappa shape index (κ1) is 11.3. The second kappa shape index (κ2) is 4.74. The largest absolute Gasteiger partial charge is 0.379 e. The minimum atomic E-state index is 0.0357. The summed E-state index contributed by atoms with van der Waals surface area (Å²) in [6.07, 6.45) is 0. The number of hydrogen-bond acceptors (Lipinski definition) is 3. The van der Waals surface area contributed by atoms with Gasteiger partial charge < -0.3 is 10.5 Å². The topological polar surface area (TPSA) is 35.2 Å². The van der Waals surface area contributed by atoms with Gasteiger partial charge in [-0.3, -0.25) is 0 Å². The lowest BCUT2D eigenvalue weighted by Crippen LogP contribution is -2.30. The third kappa shape index (κ3) is 2.67. The molecular weight excluding hydrogens is 230 g/mol. The molecule has 2 N–H and O–H groups in total. The monoisotopic (exact) mass is 243 g/mol. The molecule has 0 aliphatic carbocycles. The van der Waals surface area contributed by atoms with E-state index in [-0.39, 0.29) is 6.04 Å². The Morgan fingerprint density at radius 3 is 2.73 bits per heavy atom. The molecule has 0 bridgehead atoms. The summed E-state index contributed by atoms with van der Waals surface area (Å²) in [7, 11) is 0. The summed E-state index contributed by atoms with van der Waals surface area (Å²) in [6, 6.07) is 6.07. The number of nitrogens with two attached hydrogens (primary N) is 1. The molecule has 0 amide bonds. The fourth-order valence-electron chi connectivity index (χ4n) is 1.36. The van der Waals surface area contributed by atoms with Crippen molar-refractivity contribution < 1.29 is 4.74 Å². The molecule has 2 nitrogen and oxygen atoms in total. The lowest BCUT2D eigenvalue weighted by Gasteiger charge is -2.25. The van der Waals surface area contributed by atoms with Gasteiger partial charge in [-0.1, -0.05) is 17.7 Å². The van der Waals surface area contributed by atoms with Gasteiger partial charge in [0.05, 0.1) is 23.5 Å². The molecule has 0 radical (unpaired) electrons. The average Bonchev–Trinajstić information content (AvgIpc) is 2.12. The van der Waals surface area contributed by atoms with E-state index in [2.05, 4.69) is 0 Å². The molecule has 0 saturated carbocycles. The highest BCUT2D eigenvalue weighted by molar-refractivity contribution is 8.00. The molecule has 1 heterocycles. The van der Waals surface area contributed by atoms with E-state index in [4.69, 9.17) is 22.1 Å². The van der Waals surface area contributed by atoms with Crippen molar-refractivity contribution in [3.63, 3.8) is 0 Å². The molecule has 1 aromatic carbocycles. The van der Waals surface area contributed by atoms with Crippen LogP contribution < -0.4 is 5.73 Å². The van der Waals surface area contributed by atoms with Crippen molar-refractivity contribution in [2.45, 2.75) is 23.1 Å². The maximum absolute atomic E-state index is 6.18. The molecule has 1 aliphatic rings. The highest BCUT2D eigenvalue weighted by atomic mass is 35.5. The Bertz CT molecular complexity index is 352. The number of rotatable bonds is 3. The van der Waals surface area contributed by atoms with E-state index in [1.807, 2.05) is 25.1 Å². The summed E-state index contributed by atoms with van der Waals surface area (Å²) in [4.78, 5) is 1.12. The van der Waals surface area contributed by atoms with Crippen LogP contribution in [0.3, 0.4) is 0 Å². The van der Waals surface area contributed by atoms with Crippen LogP contribution in [0.1, 0.15) is 18.5 Å². The molecule has 0 spiro atoms. The van der Waals surface area contributed by atoms with Crippen molar-refractivity contribution in [2.75, 3.05) is 13.2 Å². The smallest absolute Gasteiger partial charge is 0.0611 e. The predicted octanol–water partition coefficient (Wildman–Crippen LogP) is 2.85. The van der Waals surface area contributed by atoms with Crippen LogP contribution >= 0.6 is 23.4 Å². The standard InChI is InChI=1S/C11H14ClNOS/c1-7(13)8-2-3-11(10(12)4-8)15-9-5-14-6-9/h2-4,7,9H,5-6,13H2,1H3/t7-/m1/s1. The Morgan fingerprint density at radius 1 is 1.53 bits per heavy atom. The average molecular weight is 244 g/mol. The lowest BCUT2D eigenvalue weighted by atomic mass is 10.1. The zero-order valence-electron chi connectivity index (χ0n) is 8.57. The number of hydrogen-bond donors (Lipinski definition) is 1. The number of benzene rings is 1. The number of thioether (sulfide) groups is 1. The van der Waals surface area contributed by atoms with Gasteiger partial charge in [0.1, 0.15) is 0 Å². The Labute approximate surface area is 99.1 Å². The van der Waals surface area contributed by atoms with Crippen LogP contribution in [0, 0.1) is 0 Å². The van der Waals surface area contributed by atoms with E-state index in [0.717, 1.165) is 28.7 Å². The Kier molecular flexibility index (Phi) is 3.57. The maximum atomic E-state index is 6.18. The van der Waals surface area contributed by atoms with Gasteiger partial charge in [0, 0.05) is 10.9 Å². The number of halogens is 1. The van der Waals surface area contributed by atoms with Gasteiger partial charge in [0.15, 0.2) is 0 Å². The Morgan fingerprint density at radius 2 is 2.27 bits per heavy atom. The molecule has 2 rings (SSSR count). The van der Waals surface area contributed by atoms with E-state index in [0.29, 0.717) is 5.25 Å². The van der Waals surface area contributed by atoms with E-state index in [1.165, 1.54) is 0 Å². The summed E-state index contributed by atoms with van der Waals surface area (Å²) >= 11 is 7.96. The van der Waals surface area contributed by atoms with Crippen LogP contribution in [-0.4, -0.2) is 18.5 Å². The van der Waals surface area contributed by atoms with E-state index < -0.39 is 0 Å². The molecule has 1 atom stereocenters. The van der Waals surface area contributed by atoms with Crippen LogP contribution in [0.4, 0.5) is 0 Å². The second-order valence-corrected chi connectivity index (χ2v) is 5.51. The van der Waals surface area contributed by atoms with E-state index >= 15 is 0 Å². The SMILES string of the molecule is C[C@@H](N)c1ccc(SC2COC2)c(Cl)c1.